The molecule has 0 spiro atoms. The molecular weight excluding hydrogens is 418 g/mol. The Morgan fingerprint density at radius 2 is 1.64 bits per heavy atom. The molecule has 0 atom stereocenters. The lowest BCUT2D eigenvalue weighted by Crippen LogP contribution is -2.26. The molecule has 3 rings (SSSR count). The minimum absolute atomic E-state index is 0.0932. The molecule has 0 aliphatic carbocycles. The third-order valence-corrected chi connectivity index (χ3v) is 4.87. The summed E-state index contributed by atoms with van der Waals surface area (Å²) >= 11 is 0. The van der Waals surface area contributed by atoms with Gasteiger partial charge in [-0.25, -0.2) is 0 Å². The summed E-state index contributed by atoms with van der Waals surface area (Å²) in [7, 11) is 3.39. The predicted molar refractivity (Wildman–Crippen MR) is 130 cm³/mol. The molecule has 172 valence electrons. The van der Waals surface area contributed by atoms with E-state index in [2.05, 4.69) is 10.6 Å². The number of benzene rings is 3. The lowest BCUT2D eigenvalue weighted by molar-refractivity contribution is -0.114. The smallest absolute Gasteiger partial charge is 0.253 e. The summed E-state index contributed by atoms with van der Waals surface area (Å²) in [6.07, 6.45) is 0. The standard InChI is InChI=1S/C26H29N3O4/c1-29(19-20-7-4-3-5-8-20)26(31)21-9-6-10-23(17-21)28-25(30)18-27-22-11-13-24(14-12-22)33-16-15-32-2/h3-14,17,27H,15-16,18-19H2,1-2H3,(H,28,30). The molecule has 0 saturated heterocycles. The second kappa shape index (κ2) is 12.3. The van der Waals surface area contributed by atoms with Crippen LogP contribution in [-0.2, 0) is 16.1 Å². The highest BCUT2D eigenvalue weighted by Gasteiger charge is 2.13. The molecule has 3 aromatic rings. The molecule has 0 fully saturated rings. The van der Waals surface area contributed by atoms with E-state index < -0.39 is 0 Å². The van der Waals surface area contributed by atoms with Crippen LogP contribution < -0.4 is 15.4 Å². The number of methoxy groups -OCH3 is 1. The van der Waals surface area contributed by atoms with Crippen LogP contribution in [-0.4, -0.2) is 50.6 Å². The van der Waals surface area contributed by atoms with Crippen LogP contribution in [0.15, 0.2) is 78.9 Å². The SMILES string of the molecule is COCCOc1ccc(NCC(=O)Nc2cccc(C(=O)N(C)Cc3ccccc3)c2)cc1. The topological polar surface area (TPSA) is 79.9 Å². The Balaban J connectivity index is 1.50. The molecule has 0 aromatic heterocycles. The Labute approximate surface area is 194 Å². The Bertz CT molecular complexity index is 1040. The molecule has 2 amide bonds. The Kier molecular flexibility index (Phi) is 8.85. The van der Waals surface area contributed by atoms with Crippen LogP contribution >= 0.6 is 0 Å². The molecule has 0 radical (unpaired) electrons. The fourth-order valence-corrected chi connectivity index (χ4v) is 3.18. The van der Waals surface area contributed by atoms with Crippen LogP contribution in [0.25, 0.3) is 0 Å². The number of anilines is 2. The van der Waals surface area contributed by atoms with E-state index in [0.29, 0.717) is 31.0 Å². The number of carbonyl (C=O) groups is 2. The van der Waals surface area contributed by atoms with E-state index in [1.54, 1.807) is 43.3 Å². The van der Waals surface area contributed by atoms with Gasteiger partial charge in [0, 0.05) is 37.6 Å². The molecule has 3 aromatic carbocycles. The molecule has 33 heavy (non-hydrogen) atoms. The molecule has 0 heterocycles. The number of amides is 2. The number of rotatable bonds is 11. The summed E-state index contributed by atoms with van der Waals surface area (Å²) in [5.74, 6) is 0.416. The van der Waals surface area contributed by atoms with Gasteiger partial charge in [-0.3, -0.25) is 9.59 Å². The number of nitrogens with one attached hydrogen (secondary N) is 2. The summed E-state index contributed by atoms with van der Waals surface area (Å²) in [5.41, 5.74) is 2.94. The van der Waals surface area contributed by atoms with Crippen molar-refractivity contribution in [3.8, 4) is 5.75 Å². The van der Waals surface area contributed by atoms with Gasteiger partial charge in [-0.2, -0.15) is 0 Å². The lowest BCUT2D eigenvalue weighted by Gasteiger charge is -2.18. The van der Waals surface area contributed by atoms with Crippen molar-refractivity contribution in [1.82, 2.24) is 4.90 Å². The first kappa shape index (κ1) is 23.8. The van der Waals surface area contributed by atoms with Crippen LogP contribution in [0.4, 0.5) is 11.4 Å². The minimum atomic E-state index is -0.210. The Morgan fingerprint density at radius 1 is 0.879 bits per heavy atom. The van der Waals surface area contributed by atoms with Gasteiger partial charge in [-0.1, -0.05) is 36.4 Å². The molecule has 7 nitrogen and oxygen atoms in total. The van der Waals surface area contributed by atoms with Crippen molar-refractivity contribution in [2.45, 2.75) is 6.54 Å². The minimum Gasteiger partial charge on any atom is -0.491 e. The van der Waals surface area contributed by atoms with Gasteiger partial charge in [-0.05, 0) is 48.0 Å². The zero-order valence-electron chi connectivity index (χ0n) is 18.9. The number of hydrogen-bond acceptors (Lipinski definition) is 5. The van der Waals surface area contributed by atoms with Gasteiger partial charge < -0.3 is 25.0 Å². The van der Waals surface area contributed by atoms with E-state index in [-0.39, 0.29) is 18.4 Å². The molecule has 0 saturated carbocycles. The first-order valence-electron chi connectivity index (χ1n) is 10.7. The van der Waals surface area contributed by atoms with Gasteiger partial charge in [0.25, 0.3) is 5.91 Å². The van der Waals surface area contributed by atoms with Crippen molar-refractivity contribution in [3.63, 3.8) is 0 Å². The summed E-state index contributed by atoms with van der Waals surface area (Å²) in [5, 5.41) is 5.91. The van der Waals surface area contributed by atoms with Gasteiger partial charge >= 0.3 is 0 Å². The van der Waals surface area contributed by atoms with E-state index in [1.807, 2.05) is 54.6 Å². The Morgan fingerprint density at radius 3 is 2.36 bits per heavy atom. The van der Waals surface area contributed by atoms with Crippen LogP contribution in [0.2, 0.25) is 0 Å². The molecule has 0 aliphatic heterocycles. The third-order valence-electron chi connectivity index (χ3n) is 4.87. The largest absolute Gasteiger partial charge is 0.491 e. The summed E-state index contributed by atoms with van der Waals surface area (Å²) in [6, 6.07) is 24.1. The van der Waals surface area contributed by atoms with Crippen molar-refractivity contribution in [1.29, 1.82) is 0 Å². The van der Waals surface area contributed by atoms with Crippen LogP contribution in [0.3, 0.4) is 0 Å². The Hall–Kier alpha value is -3.84. The van der Waals surface area contributed by atoms with Gasteiger partial charge in [0.1, 0.15) is 12.4 Å². The van der Waals surface area contributed by atoms with Crippen molar-refractivity contribution >= 4 is 23.2 Å². The molecule has 2 N–H and O–H groups in total. The van der Waals surface area contributed by atoms with Crippen LogP contribution in [0.5, 0.6) is 5.75 Å². The van der Waals surface area contributed by atoms with Crippen molar-refractivity contribution in [2.24, 2.45) is 0 Å². The monoisotopic (exact) mass is 447 g/mol. The van der Waals surface area contributed by atoms with Crippen molar-refractivity contribution in [3.05, 3.63) is 90.0 Å². The second-order valence-corrected chi connectivity index (χ2v) is 7.49. The van der Waals surface area contributed by atoms with Gasteiger partial charge in [0.15, 0.2) is 0 Å². The van der Waals surface area contributed by atoms with Crippen LogP contribution in [0, 0.1) is 0 Å². The fourth-order valence-electron chi connectivity index (χ4n) is 3.18. The van der Waals surface area contributed by atoms with Crippen molar-refractivity contribution < 1.29 is 19.1 Å². The molecule has 0 unspecified atom stereocenters. The molecule has 0 aliphatic rings. The zero-order valence-corrected chi connectivity index (χ0v) is 18.9. The van der Waals surface area contributed by atoms with E-state index >= 15 is 0 Å². The quantitative estimate of drug-likeness (QED) is 0.434. The van der Waals surface area contributed by atoms with E-state index in [1.165, 1.54) is 0 Å². The van der Waals surface area contributed by atoms with E-state index in [4.69, 9.17) is 9.47 Å². The molecule has 0 bridgehead atoms. The second-order valence-electron chi connectivity index (χ2n) is 7.49. The maximum absolute atomic E-state index is 12.8. The first-order chi connectivity index (χ1) is 16.0. The van der Waals surface area contributed by atoms with Gasteiger partial charge in [-0.15, -0.1) is 0 Å². The molecule has 7 heteroatoms. The van der Waals surface area contributed by atoms with Gasteiger partial charge in [0.2, 0.25) is 5.91 Å². The summed E-state index contributed by atoms with van der Waals surface area (Å²) in [6.45, 7) is 1.61. The maximum Gasteiger partial charge on any atom is 0.253 e. The number of hydrogen-bond donors (Lipinski definition) is 2. The van der Waals surface area contributed by atoms with E-state index in [0.717, 1.165) is 17.0 Å². The molecular formula is C26H29N3O4. The highest BCUT2D eigenvalue weighted by atomic mass is 16.5. The fraction of sp³-hybridized carbons (Fsp3) is 0.231. The lowest BCUT2D eigenvalue weighted by atomic mass is 10.1. The van der Waals surface area contributed by atoms with E-state index in [9.17, 15) is 9.59 Å². The van der Waals surface area contributed by atoms with Crippen LogP contribution in [0.1, 0.15) is 15.9 Å². The summed E-state index contributed by atoms with van der Waals surface area (Å²) in [4.78, 5) is 26.8. The normalized spacial score (nSPS) is 10.4. The maximum atomic E-state index is 12.8. The average Bonchev–Trinajstić information content (AvgIpc) is 2.84. The van der Waals surface area contributed by atoms with Crippen molar-refractivity contribution in [2.75, 3.05) is 44.5 Å². The average molecular weight is 448 g/mol. The highest BCUT2D eigenvalue weighted by Crippen LogP contribution is 2.16. The first-order valence-corrected chi connectivity index (χ1v) is 10.7. The zero-order chi connectivity index (χ0) is 23.5. The predicted octanol–water partition coefficient (Wildman–Crippen LogP) is 4.03. The van der Waals surface area contributed by atoms with Gasteiger partial charge in [0.05, 0.1) is 13.2 Å². The highest BCUT2D eigenvalue weighted by molar-refractivity contribution is 5.98. The third kappa shape index (κ3) is 7.66. The number of ether oxygens (including phenoxy) is 2. The number of carbonyl (C=O) groups excluding carboxylic acids is 2. The number of nitrogens with zero attached hydrogens (tertiary/aromatic N) is 1. The summed E-state index contributed by atoms with van der Waals surface area (Å²) < 4.78 is 10.5.